The Kier molecular flexibility index (Phi) is 5.89. The molecule has 0 bridgehead atoms. The van der Waals surface area contributed by atoms with E-state index in [1.54, 1.807) is 20.8 Å². The van der Waals surface area contributed by atoms with Gasteiger partial charge >= 0.3 is 5.97 Å². The van der Waals surface area contributed by atoms with Crippen LogP contribution in [-0.2, 0) is 19.6 Å². The van der Waals surface area contributed by atoms with Gasteiger partial charge in [0, 0.05) is 11.5 Å². The Morgan fingerprint density at radius 2 is 1.83 bits per heavy atom. The Labute approximate surface area is 139 Å². The number of carbonyl (C=O) groups is 1. The largest absolute Gasteiger partial charge is 0.457 e. The molecule has 23 heavy (non-hydrogen) atoms. The lowest BCUT2D eigenvalue weighted by Crippen LogP contribution is -2.54. The number of fused-ring (bicyclic) bond motifs is 1. The Hall–Kier alpha value is -0.880. The van der Waals surface area contributed by atoms with E-state index in [0.29, 0.717) is 11.5 Å². The SMILES string of the molecule is C=C(C)C(=O)OC1C(NS(=O)(=O)C(C)C)CCC2CCCCC21. The number of hydrogen-bond acceptors (Lipinski definition) is 4. The third kappa shape index (κ3) is 4.35. The van der Waals surface area contributed by atoms with Gasteiger partial charge in [-0.3, -0.25) is 0 Å². The van der Waals surface area contributed by atoms with Crippen molar-refractivity contribution in [3.63, 3.8) is 0 Å². The molecule has 0 aromatic rings. The summed E-state index contributed by atoms with van der Waals surface area (Å²) >= 11 is 0. The summed E-state index contributed by atoms with van der Waals surface area (Å²) in [5, 5.41) is -0.496. The van der Waals surface area contributed by atoms with Crippen LogP contribution in [-0.4, -0.2) is 31.8 Å². The van der Waals surface area contributed by atoms with Crippen molar-refractivity contribution in [3.05, 3.63) is 12.2 Å². The minimum atomic E-state index is -3.39. The van der Waals surface area contributed by atoms with Crippen molar-refractivity contribution in [1.82, 2.24) is 4.72 Å². The summed E-state index contributed by atoms with van der Waals surface area (Å²) < 4.78 is 33.0. The highest BCUT2D eigenvalue weighted by atomic mass is 32.2. The van der Waals surface area contributed by atoms with Gasteiger partial charge in [-0.25, -0.2) is 17.9 Å². The van der Waals surface area contributed by atoms with E-state index >= 15 is 0 Å². The molecule has 6 heteroatoms. The van der Waals surface area contributed by atoms with E-state index in [1.165, 1.54) is 6.42 Å². The van der Waals surface area contributed by atoms with Crippen LogP contribution in [0.3, 0.4) is 0 Å². The smallest absolute Gasteiger partial charge is 0.333 e. The molecule has 2 fully saturated rings. The van der Waals surface area contributed by atoms with Crippen molar-refractivity contribution in [2.45, 2.75) is 76.7 Å². The lowest BCUT2D eigenvalue weighted by molar-refractivity contribution is -0.153. The minimum absolute atomic E-state index is 0.251. The summed E-state index contributed by atoms with van der Waals surface area (Å²) in [4.78, 5) is 12.0. The second-order valence-corrected chi connectivity index (χ2v) is 9.52. The molecule has 2 saturated carbocycles. The summed E-state index contributed by atoms with van der Waals surface area (Å²) in [6.07, 6.45) is 5.81. The monoisotopic (exact) mass is 343 g/mol. The summed E-state index contributed by atoms with van der Waals surface area (Å²) in [6, 6.07) is -0.329. The topological polar surface area (TPSA) is 72.5 Å². The van der Waals surface area contributed by atoms with Gasteiger partial charge in [0.15, 0.2) is 0 Å². The first kappa shape index (κ1) is 18.5. The van der Waals surface area contributed by atoms with Crippen LogP contribution in [0, 0.1) is 11.8 Å². The van der Waals surface area contributed by atoms with Crippen molar-refractivity contribution in [3.8, 4) is 0 Å². The first-order chi connectivity index (χ1) is 10.7. The quantitative estimate of drug-likeness (QED) is 0.615. The number of rotatable bonds is 5. The maximum Gasteiger partial charge on any atom is 0.333 e. The van der Waals surface area contributed by atoms with Gasteiger partial charge in [-0.05, 0) is 46.0 Å². The van der Waals surface area contributed by atoms with Crippen LogP contribution in [0.2, 0.25) is 0 Å². The molecule has 0 radical (unpaired) electrons. The van der Waals surface area contributed by atoms with Crippen molar-refractivity contribution < 1.29 is 17.9 Å². The van der Waals surface area contributed by atoms with E-state index in [0.717, 1.165) is 32.1 Å². The molecule has 0 aromatic carbocycles. The molecule has 2 rings (SSSR count). The maximum absolute atomic E-state index is 12.3. The van der Waals surface area contributed by atoms with Crippen molar-refractivity contribution >= 4 is 16.0 Å². The molecule has 4 unspecified atom stereocenters. The molecular weight excluding hydrogens is 314 g/mol. The highest BCUT2D eigenvalue weighted by Gasteiger charge is 2.44. The fraction of sp³-hybridized carbons (Fsp3) is 0.824. The summed E-state index contributed by atoms with van der Waals surface area (Å²) in [6.45, 7) is 8.57. The van der Waals surface area contributed by atoms with E-state index in [4.69, 9.17) is 4.74 Å². The van der Waals surface area contributed by atoms with Gasteiger partial charge < -0.3 is 4.74 Å². The van der Waals surface area contributed by atoms with Crippen LogP contribution in [0.15, 0.2) is 12.2 Å². The Balaban J connectivity index is 2.20. The molecule has 1 N–H and O–H groups in total. The zero-order chi connectivity index (χ0) is 17.2. The van der Waals surface area contributed by atoms with E-state index in [1.807, 2.05) is 0 Å². The number of hydrogen-bond donors (Lipinski definition) is 1. The average Bonchev–Trinajstić information content (AvgIpc) is 2.49. The molecule has 5 nitrogen and oxygen atoms in total. The van der Waals surface area contributed by atoms with Gasteiger partial charge in [0.2, 0.25) is 10.0 Å². The third-order valence-electron chi connectivity index (χ3n) is 5.16. The molecule has 2 aliphatic rings. The number of ether oxygens (including phenoxy) is 1. The normalized spacial score (nSPS) is 31.5. The summed E-state index contributed by atoms with van der Waals surface area (Å²) in [7, 11) is -3.39. The highest BCUT2D eigenvalue weighted by Crippen LogP contribution is 2.42. The Morgan fingerprint density at radius 1 is 1.17 bits per heavy atom. The van der Waals surface area contributed by atoms with Gasteiger partial charge in [-0.2, -0.15) is 0 Å². The van der Waals surface area contributed by atoms with Crippen LogP contribution in [0.4, 0.5) is 0 Å². The van der Waals surface area contributed by atoms with Crippen molar-refractivity contribution in [1.29, 1.82) is 0 Å². The zero-order valence-corrected chi connectivity index (χ0v) is 15.2. The lowest BCUT2D eigenvalue weighted by atomic mass is 9.68. The lowest BCUT2D eigenvalue weighted by Gasteiger charge is -2.45. The van der Waals surface area contributed by atoms with Crippen LogP contribution >= 0.6 is 0 Å². The standard InChI is InChI=1S/C17H29NO4S/c1-11(2)17(19)22-16-14-8-6-5-7-13(14)9-10-15(16)18-23(20,21)12(3)4/h12-16,18H,1,5-10H2,2-4H3. The fourth-order valence-corrected chi connectivity index (χ4v) is 4.70. The van der Waals surface area contributed by atoms with Crippen LogP contribution in [0.25, 0.3) is 0 Å². The Bertz CT molecular complexity index is 555. The molecule has 132 valence electrons. The van der Waals surface area contributed by atoms with Crippen molar-refractivity contribution in [2.75, 3.05) is 0 Å². The van der Waals surface area contributed by atoms with Crippen molar-refractivity contribution in [2.24, 2.45) is 11.8 Å². The van der Waals surface area contributed by atoms with E-state index in [-0.39, 0.29) is 18.1 Å². The molecule has 0 amide bonds. The predicted octanol–water partition coefficient (Wildman–Crippen LogP) is 2.77. The number of sulfonamides is 1. The number of esters is 1. The van der Waals surface area contributed by atoms with Crippen LogP contribution in [0.5, 0.6) is 0 Å². The molecule has 4 atom stereocenters. The first-order valence-electron chi connectivity index (χ1n) is 8.60. The van der Waals surface area contributed by atoms with Crippen LogP contribution < -0.4 is 4.72 Å². The molecular formula is C17H29NO4S. The van der Waals surface area contributed by atoms with Gasteiger partial charge in [0.25, 0.3) is 0 Å². The van der Waals surface area contributed by atoms with Gasteiger partial charge in [-0.1, -0.05) is 25.8 Å². The van der Waals surface area contributed by atoms with E-state index in [2.05, 4.69) is 11.3 Å². The van der Waals surface area contributed by atoms with E-state index in [9.17, 15) is 13.2 Å². The molecule has 0 saturated heterocycles. The predicted molar refractivity (Wildman–Crippen MR) is 90.4 cm³/mol. The van der Waals surface area contributed by atoms with Gasteiger partial charge in [-0.15, -0.1) is 0 Å². The molecule has 0 aliphatic heterocycles. The number of nitrogens with one attached hydrogen (secondary N) is 1. The fourth-order valence-electron chi connectivity index (χ4n) is 3.75. The zero-order valence-electron chi connectivity index (χ0n) is 14.4. The maximum atomic E-state index is 12.3. The molecule has 0 spiro atoms. The van der Waals surface area contributed by atoms with Gasteiger partial charge in [0.05, 0.1) is 11.3 Å². The highest BCUT2D eigenvalue weighted by molar-refractivity contribution is 7.90. The average molecular weight is 343 g/mol. The first-order valence-corrected chi connectivity index (χ1v) is 10.1. The summed E-state index contributed by atoms with van der Waals surface area (Å²) in [5.41, 5.74) is 0.355. The minimum Gasteiger partial charge on any atom is -0.457 e. The summed E-state index contributed by atoms with van der Waals surface area (Å²) in [5.74, 6) is 0.363. The van der Waals surface area contributed by atoms with Gasteiger partial charge in [0.1, 0.15) is 6.10 Å². The molecule has 0 aromatic heterocycles. The molecule has 0 heterocycles. The van der Waals surface area contributed by atoms with Crippen LogP contribution in [0.1, 0.15) is 59.3 Å². The second-order valence-electron chi connectivity index (χ2n) is 7.25. The number of carbonyl (C=O) groups excluding carboxylic acids is 1. The third-order valence-corrected chi connectivity index (χ3v) is 7.04. The molecule has 2 aliphatic carbocycles. The van der Waals surface area contributed by atoms with E-state index < -0.39 is 21.2 Å². The Morgan fingerprint density at radius 3 is 2.43 bits per heavy atom. The second kappa shape index (κ2) is 7.34.